The first-order valence-electron chi connectivity index (χ1n) is 8.39. The minimum Gasteiger partial charge on any atom is -0.497 e. The van der Waals surface area contributed by atoms with Crippen molar-refractivity contribution < 1.29 is 14.3 Å². The lowest BCUT2D eigenvalue weighted by molar-refractivity contribution is -0.129. The van der Waals surface area contributed by atoms with Crippen LogP contribution in [0.4, 0.5) is 0 Å². The van der Waals surface area contributed by atoms with E-state index in [-0.39, 0.29) is 0 Å². The molecule has 0 fully saturated rings. The van der Waals surface area contributed by atoms with Crippen molar-refractivity contribution in [3.8, 4) is 11.5 Å². The maximum absolute atomic E-state index is 12.5. The fraction of sp³-hybridized carbons (Fsp3) is 0.238. The zero-order chi connectivity index (χ0) is 18.6. The largest absolute Gasteiger partial charge is 0.497 e. The van der Waals surface area contributed by atoms with Gasteiger partial charge in [-0.2, -0.15) is 0 Å². The number of methoxy groups -OCH3 is 1. The standard InChI is InChI=1S/C21H21NO3S/c1-4-21(16-5-11-19(26-3)12-6-16)13-15(14-22-21)20(23)25-18-9-7-17(24-2)8-10-18/h5-14H,4H2,1-3H3. The van der Waals surface area contributed by atoms with Crippen molar-refractivity contribution in [2.75, 3.05) is 13.4 Å². The number of carbonyl (C=O) groups is 1. The van der Waals surface area contributed by atoms with Gasteiger partial charge in [-0.1, -0.05) is 19.1 Å². The van der Waals surface area contributed by atoms with Gasteiger partial charge in [0.15, 0.2) is 0 Å². The average molecular weight is 367 g/mol. The summed E-state index contributed by atoms with van der Waals surface area (Å²) in [6, 6.07) is 15.2. The minimum absolute atomic E-state index is 0.407. The third-order valence-corrected chi connectivity index (χ3v) is 5.21. The normalized spacial score (nSPS) is 18.5. The maximum atomic E-state index is 12.5. The molecule has 5 heteroatoms. The van der Waals surface area contributed by atoms with Crippen molar-refractivity contribution in [1.82, 2.24) is 0 Å². The Morgan fingerprint density at radius 1 is 1.08 bits per heavy atom. The summed E-state index contributed by atoms with van der Waals surface area (Å²) < 4.78 is 10.6. The van der Waals surface area contributed by atoms with E-state index in [1.165, 1.54) is 4.90 Å². The van der Waals surface area contributed by atoms with Gasteiger partial charge >= 0.3 is 5.97 Å². The van der Waals surface area contributed by atoms with Crippen LogP contribution >= 0.6 is 11.8 Å². The predicted molar refractivity (Wildman–Crippen MR) is 105 cm³/mol. The van der Waals surface area contributed by atoms with Crippen molar-refractivity contribution >= 4 is 23.9 Å². The zero-order valence-electron chi connectivity index (χ0n) is 15.1. The van der Waals surface area contributed by atoms with E-state index in [0.29, 0.717) is 17.1 Å². The highest BCUT2D eigenvalue weighted by Crippen LogP contribution is 2.36. The molecule has 1 heterocycles. The van der Waals surface area contributed by atoms with Gasteiger partial charge in [-0.05, 0) is 60.7 Å². The molecule has 0 saturated heterocycles. The Morgan fingerprint density at radius 2 is 1.73 bits per heavy atom. The van der Waals surface area contributed by atoms with E-state index in [2.05, 4.69) is 36.2 Å². The number of hydrogen-bond donors (Lipinski definition) is 0. The SMILES string of the molecule is CCC1(c2ccc(SC)cc2)C=C(C(=O)Oc2ccc(OC)cc2)C=N1. The third-order valence-electron chi connectivity index (χ3n) is 4.46. The molecule has 0 bridgehead atoms. The van der Waals surface area contributed by atoms with Crippen LogP contribution in [0.1, 0.15) is 18.9 Å². The third kappa shape index (κ3) is 3.68. The summed E-state index contributed by atoms with van der Waals surface area (Å²) >= 11 is 1.70. The quantitative estimate of drug-likeness (QED) is 0.424. The molecule has 1 atom stereocenters. The molecule has 26 heavy (non-hydrogen) atoms. The Kier molecular flexibility index (Phi) is 5.47. The van der Waals surface area contributed by atoms with Crippen LogP contribution in [-0.2, 0) is 10.3 Å². The van der Waals surface area contributed by atoms with E-state index in [4.69, 9.17) is 9.47 Å². The number of thioether (sulfide) groups is 1. The van der Waals surface area contributed by atoms with Crippen LogP contribution < -0.4 is 9.47 Å². The van der Waals surface area contributed by atoms with Crippen LogP contribution in [0.3, 0.4) is 0 Å². The highest BCUT2D eigenvalue weighted by atomic mass is 32.2. The lowest BCUT2D eigenvalue weighted by Crippen LogP contribution is -2.18. The van der Waals surface area contributed by atoms with Crippen molar-refractivity contribution in [2.24, 2.45) is 4.99 Å². The topological polar surface area (TPSA) is 47.9 Å². The first-order chi connectivity index (χ1) is 12.6. The molecule has 4 nitrogen and oxygen atoms in total. The molecule has 0 spiro atoms. The van der Waals surface area contributed by atoms with Crippen LogP contribution in [0.25, 0.3) is 0 Å². The van der Waals surface area contributed by atoms with Crippen molar-refractivity contribution in [2.45, 2.75) is 23.8 Å². The lowest BCUT2D eigenvalue weighted by atomic mass is 9.88. The number of aliphatic imine (C=N–C) groups is 1. The molecule has 0 N–H and O–H groups in total. The van der Waals surface area contributed by atoms with Crippen molar-refractivity contribution in [3.05, 3.63) is 65.7 Å². The summed E-state index contributed by atoms with van der Waals surface area (Å²) in [7, 11) is 1.59. The Balaban J connectivity index is 1.79. The minimum atomic E-state index is -0.509. The number of esters is 1. The van der Waals surface area contributed by atoms with Gasteiger partial charge in [0, 0.05) is 11.1 Å². The Morgan fingerprint density at radius 3 is 2.31 bits per heavy atom. The molecular formula is C21H21NO3S. The first kappa shape index (κ1) is 18.3. The van der Waals surface area contributed by atoms with Gasteiger partial charge in [0.25, 0.3) is 0 Å². The molecular weight excluding hydrogens is 346 g/mol. The van der Waals surface area contributed by atoms with Crippen LogP contribution in [0.2, 0.25) is 0 Å². The summed E-state index contributed by atoms with van der Waals surface area (Å²) in [6.45, 7) is 2.06. The first-order valence-corrected chi connectivity index (χ1v) is 9.61. The summed E-state index contributed by atoms with van der Waals surface area (Å²) in [5.41, 5.74) is 1.03. The van der Waals surface area contributed by atoms with E-state index in [0.717, 1.165) is 12.0 Å². The number of nitrogens with zero attached hydrogens (tertiary/aromatic N) is 1. The average Bonchev–Trinajstić information content (AvgIpc) is 3.15. The molecule has 1 aliphatic heterocycles. The van der Waals surface area contributed by atoms with E-state index in [1.54, 1.807) is 49.4 Å². The van der Waals surface area contributed by atoms with Gasteiger partial charge in [0.05, 0.1) is 12.7 Å². The Labute approximate surface area is 157 Å². The number of carbonyl (C=O) groups excluding carboxylic acids is 1. The molecule has 0 radical (unpaired) electrons. The number of hydrogen-bond acceptors (Lipinski definition) is 5. The predicted octanol–water partition coefficient (Wildman–Crippen LogP) is 4.64. The van der Waals surface area contributed by atoms with Gasteiger partial charge in [-0.15, -0.1) is 11.8 Å². The smallest absolute Gasteiger partial charge is 0.344 e. The summed E-state index contributed by atoms with van der Waals surface area (Å²) in [6.07, 6.45) is 6.32. The number of benzene rings is 2. The molecule has 0 amide bonds. The van der Waals surface area contributed by atoms with Gasteiger partial charge in [-0.3, -0.25) is 4.99 Å². The Bertz CT molecular complexity index is 841. The van der Waals surface area contributed by atoms with Crippen LogP contribution in [0, 0.1) is 0 Å². The monoisotopic (exact) mass is 367 g/mol. The maximum Gasteiger partial charge on any atom is 0.344 e. The van der Waals surface area contributed by atoms with Gasteiger partial charge < -0.3 is 9.47 Å². The second-order valence-corrected chi connectivity index (χ2v) is 6.81. The second-order valence-electron chi connectivity index (χ2n) is 5.93. The second kappa shape index (κ2) is 7.79. The molecule has 0 aromatic heterocycles. The van der Waals surface area contributed by atoms with E-state index in [1.807, 2.05) is 12.3 Å². The van der Waals surface area contributed by atoms with Crippen LogP contribution in [0.5, 0.6) is 11.5 Å². The van der Waals surface area contributed by atoms with Gasteiger partial charge in [-0.25, -0.2) is 4.79 Å². The van der Waals surface area contributed by atoms with Gasteiger partial charge in [0.2, 0.25) is 0 Å². The van der Waals surface area contributed by atoms with Crippen LogP contribution in [-0.4, -0.2) is 25.5 Å². The van der Waals surface area contributed by atoms with Crippen LogP contribution in [0.15, 0.2) is 70.1 Å². The zero-order valence-corrected chi connectivity index (χ0v) is 15.9. The molecule has 3 rings (SSSR count). The highest BCUT2D eigenvalue weighted by Gasteiger charge is 2.33. The van der Waals surface area contributed by atoms with Crippen molar-refractivity contribution in [1.29, 1.82) is 0 Å². The fourth-order valence-electron chi connectivity index (χ4n) is 2.87. The number of rotatable bonds is 6. The molecule has 134 valence electrons. The molecule has 0 aliphatic carbocycles. The van der Waals surface area contributed by atoms with E-state index < -0.39 is 11.5 Å². The molecule has 1 unspecified atom stereocenters. The number of ether oxygens (including phenoxy) is 2. The lowest BCUT2D eigenvalue weighted by Gasteiger charge is -2.23. The molecule has 2 aromatic rings. The molecule has 1 aliphatic rings. The van der Waals surface area contributed by atoms with Gasteiger partial charge in [0.1, 0.15) is 17.0 Å². The van der Waals surface area contributed by atoms with E-state index >= 15 is 0 Å². The summed E-state index contributed by atoms with van der Waals surface area (Å²) in [5.74, 6) is 0.781. The highest BCUT2D eigenvalue weighted by molar-refractivity contribution is 7.98. The van der Waals surface area contributed by atoms with E-state index in [9.17, 15) is 4.79 Å². The molecule has 0 saturated carbocycles. The van der Waals surface area contributed by atoms with Crippen molar-refractivity contribution in [3.63, 3.8) is 0 Å². The Hall–Kier alpha value is -2.53. The fourth-order valence-corrected chi connectivity index (χ4v) is 3.28. The summed E-state index contributed by atoms with van der Waals surface area (Å²) in [5, 5.41) is 0. The molecule has 2 aromatic carbocycles. The summed E-state index contributed by atoms with van der Waals surface area (Å²) in [4.78, 5) is 18.3.